The van der Waals surface area contributed by atoms with Gasteiger partial charge in [-0.05, 0) is 19.1 Å². The Morgan fingerprint density at radius 2 is 2.30 bits per heavy atom. The van der Waals surface area contributed by atoms with E-state index in [-0.39, 0.29) is 5.25 Å². The molecule has 0 radical (unpaired) electrons. The summed E-state index contributed by atoms with van der Waals surface area (Å²) >= 11 is 3.00. The van der Waals surface area contributed by atoms with E-state index in [1.165, 1.54) is 23.1 Å². The quantitative estimate of drug-likeness (QED) is 0.719. The highest BCUT2D eigenvalue weighted by Gasteiger charge is 2.19. The fourth-order valence-corrected chi connectivity index (χ4v) is 3.35. The van der Waals surface area contributed by atoms with Crippen LogP contribution < -0.4 is 5.32 Å². The molecule has 104 valence electrons. The summed E-state index contributed by atoms with van der Waals surface area (Å²) in [5, 5.41) is 15.7. The minimum Gasteiger partial charge on any atom is -0.461 e. The molecule has 3 rings (SSSR count). The molecule has 20 heavy (non-hydrogen) atoms. The van der Waals surface area contributed by atoms with Gasteiger partial charge in [0.05, 0.1) is 11.5 Å². The maximum absolute atomic E-state index is 5.25. The lowest BCUT2D eigenvalue weighted by Crippen LogP contribution is -1.88. The second-order valence-electron chi connectivity index (χ2n) is 3.82. The topological polar surface area (TPSA) is 89.9 Å². The molecular formula is C11H11N5O2S2. The van der Waals surface area contributed by atoms with Crippen LogP contribution in [0.15, 0.2) is 31.7 Å². The van der Waals surface area contributed by atoms with Crippen molar-refractivity contribution in [3.8, 4) is 11.6 Å². The van der Waals surface area contributed by atoms with Gasteiger partial charge in [0, 0.05) is 7.05 Å². The molecule has 0 unspecified atom stereocenters. The normalized spacial score (nSPS) is 12.5. The SMILES string of the molecule is CNc1nnc(S[C@H](C)c2nc(-c3ccco3)no2)s1. The van der Waals surface area contributed by atoms with E-state index < -0.39 is 0 Å². The van der Waals surface area contributed by atoms with Gasteiger partial charge >= 0.3 is 0 Å². The molecule has 0 aliphatic rings. The van der Waals surface area contributed by atoms with E-state index in [9.17, 15) is 0 Å². The molecular weight excluding hydrogens is 298 g/mol. The van der Waals surface area contributed by atoms with Crippen molar-refractivity contribution in [3.05, 3.63) is 24.3 Å². The maximum atomic E-state index is 5.25. The fourth-order valence-electron chi connectivity index (χ4n) is 1.47. The molecule has 0 saturated heterocycles. The number of rotatable bonds is 5. The third kappa shape index (κ3) is 2.68. The first-order chi connectivity index (χ1) is 9.76. The molecule has 1 atom stereocenters. The van der Waals surface area contributed by atoms with Gasteiger partial charge in [0.25, 0.3) is 0 Å². The number of hydrogen-bond donors (Lipinski definition) is 1. The van der Waals surface area contributed by atoms with Gasteiger partial charge in [0.2, 0.25) is 16.8 Å². The minimum absolute atomic E-state index is 0.0103. The molecule has 0 aliphatic heterocycles. The Bertz CT molecular complexity index is 679. The van der Waals surface area contributed by atoms with E-state index in [0.29, 0.717) is 17.5 Å². The molecule has 3 aromatic rings. The Morgan fingerprint density at radius 1 is 1.40 bits per heavy atom. The summed E-state index contributed by atoms with van der Waals surface area (Å²) in [4.78, 5) is 4.32. The zero-order chi connectivity index (χ0) is 13.9. The predicted octanol–water partition coefficient (Wildman–Crippen LogP) is 3.08. The monoisotopic (exact) mass is 309 g/mol. The second kappa shape index (κ2) is 5.63. The zero-order valence-corrected chi connectivity index (χ0v) is 12.4. The van der Waals surface area contributed by atoms with Crippen LogP contribution >= 0.6 is 23.1 Å². The molecule has 9 heteroatoms. The van der Waals surface area contributed by atoms with Crippen molar-refractivity contribution in [2.24, 2.45) is 0 Å². The van der Waals surface area contributed by atoms with Gasteiger partial charge in [-0.15, -0.1) is 10.2 Å². The number of thioether (sulfide) groups is 1. The average Bonchev–Trinajstić information content (AvgIpc) is 3.19. The van der Waals surface area contributed by atoms with Crippen molar-refractivity contribution < 1.29 is 8.94 Å². The van der Waals surface area contributed by atoms with Gasteiger partial charge in [-0.1, -0.05) is 28.3 Å². The molecule has 0 bridgehead atoms. The number of furan rings is 1. The fraction of sp³-hybridized carbons (Fsp3) is 0.273. The van der Waals surface area contributed by atoms with Crippen molar-refractivity contribution in [2.45, 2.75) is 16.5 Å². The van der Waals surface area contributed by atoms with E-state index >= 15 is 0 Å². The van der Waals surface area contributed by atoms with Crippen LogP contribution in [0.4, 0.5) is 5.13 Å². The molecule has 7 nitrogen and oxygen atoms in total. The summed E-state index contributed by atoms with van der Waals surface area (Å²) in [6.07, 6.45) is 1.57. The van der Waals surface area contributed by atoms with Crippen LogP contribution in [0.1, 0.15) is 18.1 Å². The summed E-state index contributed by atoms with van der Waals surface area (Å²) in [7, 11) is 1.81. The van der Waals surface area contributed by atoms with Crippen LogP contribution in [-0.4, -0.2) is 27.4 Å². The van der Waals surface area contributed by atoms with Crippen LogP contribution in [0.2, 0.25) is 0 Å². The number of aromatic nitrogens is 4. The van der Waals surface area contributed by atoms with Crippen LogP contribution in [0.25, 0.3) is 11.6 Å². The van der Waals surface area contributed by atoms with Crippen LogP contribution in [0, 0.1) is 0 Å². The Kier molecular flexibility index (Phi) is 3.70. The van der Waals surface area contributed by atoms with Crippen molar-refractivity contribution in [2.75, 3.05) is 12.4 Å². The minimum atomic E-state index is -0.0103. The molecule has 0 spiro atoms. The molecule has 1 N–H and O–H groups in total. The lowest BCUT2D eigenvalue weighted by Gasteiger charge is -2.01. The van der Waals surface area contributed by atoms with Crippen molar-refractivity contribution in [1.82, 2.24) is 20.3 Å². The Morgan fingerprint density at radius 3 is 3.00 bits per heavy atom. The largest absolute Gasteiger partial charge is 0.461 e. The van der Waals surface area contributed by atoms with Crippen molar-refractivity contribution in [1.29, 1.82) is 0 Å². The summed E-state index contributed by atoms with van der Waals surface area (Å²) in [5.41, 5.74) is 0. The molecule has 0 saturated carbocycles. The van der Waals surface area contributed by atoms with Crippen LogP contribution in [-0.2, 0) is 0 Å². The highest BCUT2D eigenvalue weighted by molar-refractivity contribution is 8.01. The number of nitrogens with one attached hydrogen (secondary N) is 1. The van der Waals surface area contributed by atoms with E-state index in [2.05, 4.69) is 25.7 Å². The van der Waals surface area contributed by atoms with E-state index in [0.717, 1.165) is 9.47 Å². The first-order valence-corrected chi connectivity index (χ1v) is 7.51. The van der Waals surface area contributed by atoms with Gasteiger partial charge in [0.1, 0.15) is 0 Å². The average molecular weight is 309 g/mol. The van der Waals surface area contributed by atoms with Gasteiger partial charge < -0.3 is 14.3 Å². The number of hydrogen-bond acceptors (Lipinski definition) is 9. The lowest BCUT2D eigenvalue weighted by atomic mass is 10.4. The zero-order valence-electron chi connectivity index (χ0n) is 10.7. The molecule has 0 aromatic carbocycles. The summed E-state index contributed by atoms with van der Waals surface area (Å²) < 4.78 is 11.3. The first kappa shape index (κ1) is 13.1. The molecule has 0 aliphatic carbocycles. The molecule has 0 amide bonds. The Labute approximate surface area is 122 Å². The standard InChI is InChI=1S/C11H11N5O2S2/c1-6(19-11-15-14-10(12-2)20-11)9-13-8(16-18-9)7-4-3-5-17-7/h3-6H,1-2H3,(H,12,14)/t6-/m1/s1. The third-order valence-electron chi connectivity index (χ3n) is 2.43. The second-order valence-corrected chi connectivity index (χ2v) is 6.38. The van der Waals surface area contributed by atoms with Crippen molar-refractivity contribution in [3.63, 3.8) is 0 Å². The van der Waals surface area contributed by atoms with Gasteiger partial charge in [-0.2, -0.15) is 4.98 Å². The van der Waals surface area contributed by atoms with Crippen molar-refractivity contribution >= 4 is 28.2 Å². The third-order valence-corrected chi connectivity index (χ3v) is 4.54. The molecule has 3 heterocycles. The molecule has 0 fully saturated rings. The van der Waals surface area contributed by atoms with Gasteiger partial charge in [-0.3, -0.25) is 0 Å². The van der Waals surface area contributed by atoms with E-state index in [1.54, 1.807) is 18.4 Å². The first-order valence-electron chi connectivity index (χ1n) is 5.81. The smallest absolute Gasteiger partial charge is 0.240 e. The van der Waals surface area contributed by atoms with E-state index in [1.807, 2.05) is 14.0 Å². The van der Waals surface area contributed by atoms with E-state index in [4.69, 9.17) is 8.94 Å². The Hall–Kier alpha value is -1.87. The number of nitrogens with zero attached hydrogens (tertiary/aromatic N) is 4. The Balaban J connectivity index is 1.72. The number of anilines is 1. The summed E-state index contributed by atoms with van der Waals surface area (Å²) in [6.45, 7) is 1.98. The lowest BCUT2D eigenvalue weighted by molar-refractivity contribution is 0.379. The van der Waals surface area contributed by atoms with Crippen LogP contribution in [0.5, 0.6) is 0 Å². The highest BCUT2D eigenvalue weighted by Crippen LogP contribution is 2.37. The van der Waals surface area contributed by atoms with Gasteiger partial charge in [0.15, 0.2) is 10.1 Å². The highest BCUT2D eigenvalue weighted by atomic mass is 32.2. The summed E-state index contributed by atoms with van der Waals surface area (Å²) in [6, 6.07) is 3.57. The predicted molar refractivity (Wildman–Crippen MR) is 75.7 cm³/mol. The maximum Gasteiger partial charge on any atom is 0.240 e. The van der Waals surface area contributed by atoms with Crippen LogP contribution in [0.3, 0.4) is 0 Å². The molecule has 3 aromatic heterocycles. The van der Waals surface area contributed by atoms with Gasteiger partial charge in [-0.25, -0.2) is 0 Å². The summed E-state index contributed by atoms with van der Waals surface area (Å²) in [5.74, 6) is 1.57.